The van der Waals surface area contributed by atoms with Crippen LogP contribution in [-0.4, -0.2) is 27.0 Å². The van der Waals surface area contributed by atoms with Crippen molar-refractivity contribution in [2.75, 3.05) is 6.54 Å². The predicted molar refractivity (Wildman–Crippen MR) is 83.8 cm³/mol. The number of carbonyl (C=O) groups excluding carboxylic acids is 1. The number of carbonyl (C=O) groups is 1. The van der Waals surface area contributed by atoms with Crippen molar-refractivity contribution in [3.05, 3.63) is 53.7 Å². The summed E-state index contributed by atoms with van der Waals surface area (Å²) in [5.74, 6) is -0.561. The normalized spacial score (nSPS) is 11.6. The van der Waals surface area contributed by atoms with E-state index >= 15 is 0 Å². The molecule has 24 heavy (non-hydrogen) atoms. The summed E-state index contributed by atoms with van der Waals surface area (Å²) >= 11 is 1.26. The van der Waals surface area contributed by atoms with E-state index in [1.54, 1.807) is 17.5 Å². The Balaban J connectivity index is 2.22. The minimum atomic E-state index is -4.63. The highest BCUT2D eigenvalue weighted by atomic mass is 32.1. The molecule has 0 atom stereocenters. The summed E-state index contributed by atoms with van der Waals surface area (Å²) in [5.41, 5.74) is -1.02. The van der Waals surface area contributed by atoms with E-state index in [4.69, 9.17) is 0 Å². The SMILES string of the molecule is C=CCNC(=O)c1cnn2c(C(F)(F)F)cc(-c3cccs3)nc12. The van der Waals surface area contributed by atoms with Crippen LogP contribution in [0.1, 0.15) is 16.1 Å². The summed E-state index contributed by atoms with van der Waals surface area (Å²) in [4.78, 5) is 16.9. The molecule has 0 saturated heterocycles. The van der Waals surface area contributed by atoms with E-state index in [-0.39, 0.29) is 23.4 Å². The standard InChI is InChI=1S/C15H11F3N4OS/c1-2-5-19-14(23)9-8-20-22-12(15(16,17)18)7-10(21-13(9)22)11-4-3-6-24-11/h2-4,6-8H,1,5H2,(H,19,23). The van der Waals surface area contributed by atoms with Gasteiger partial charge in [-0.05, 0) is 17.5 Å². The number of hydrogen-bond donors (Lipinski definition) is 1. The molecular formula is C15H11F3N4OS. The maximum absolute atomic E-state index is 13.4. The molecule has 0 radical (unpaired) electrons. The minimum absolute atomic E-state index is 0.0271. The lowest BCUT2D eigenvalue weighted by molar-refractivity contribution is -0.142. The molecular weight excluding hydrogens is 341 g/mol. The lowest BCUT2D eigenvalue weighted by atomic mass is 10.2. The highest BCUT2D eigenvalue weighted by Crippen LogP contribution is 2.33. The molecule has 1 amide bonds. The monoisotopic (exact) mass is 352 g/mol. The van der Waals surface area contributed by atoms with Gasteiger partial charge in [-0.15, -0.1) is 17.9 Å². The van der Waals surface area contributed by atoms with Crippen molar-refractivity contribution >= 4 is 22.9 Å². The Morgan fingerprint density at radius 2 is 2.25 bits per heavy atom. The van der Waals surface area contributed by atoms with Crippen molar-refractivity contribution in [3.8, 4) is 10.6 Å². The van der Waals surface area contributed by atoms with Crippen molar-refractivity contribution in [1.82, 2.24) is 19.9 Å². The number of rotatable bonds is 4. The molecule has 3 aromatic heterocycles. The van der Waals surface area contributed by atoms with Gasteiger partial charge in [0.25, 0.3) is 5.91 Å². The van der Waals surface area contributed by atoms with Gasteiger partial charge in [-0.25, -0.2) is 9.50 Å². The molecule has 9 heteroatoms. The molecule has 0 aliphatic rings. The average molecular weight is 352 g/mol. The summed E-state index contributed by atoms with van der Waals surface area (Å²) in [6.45, 7) is 3.66. The third-order valence-corrected chi connectivity index (χ3v) is 4.08. The first kappa shape index (κ1) is 16.2. The molecule has 0 saturated carbocycles. The number of amides is 1. The quantitative estimate of drug-likeness (QED) is 0.732. The molecule has 124 valence electrons. The molecule has 0 aromatic carbocycles. The van der Waals surface area contributed by atoms with Gasteiger partial charge in [0.1, 0.15) is 5.56 Å². The molecule has 3 heterocycles. The van der Waals surface area contributed by atoms with Crippen molar-refractivity contribution in [2.24, 2.45) is 0 Å². The Morgan fingerprint density at radius 1 is 1.46 bits per heavy atom. The highest BCUT2D eigenvalue weighted by Gasteiger charge is 2.36. The van der Waals surface area contributed by atoms with Crippen molar-refractivity contribution in [3.63, 3.8) is 0 Å². The van der Waals surface area contributed by atoms with E-state index in [0.717, 1.165) is 12.3 Å². The van der Waals surface area contributed by atoms with Gasteiger partial charge in [0.15, 0.2) is 11.3 Å². The Morgan fingerprint density at radius 3 is 2.88 bits per heavy atom. The summed E-state index contributed by atoms with van der Waals surface area (Å²) < 4.78 is 40.7. The van der Waals surface area contributed by atoms with E-state index in [9.17, 15) is 18.0 Å². The zero-order valence-corrected chi connectivity index (χ0v) is 13.0. The van der Waals surface area contributed by atoms with Crippen LogP contribution in [0.15, 0.2) is 42.4 Å². The molecule has 5 nitrogen and oxygen atoms in total. The number of aromatic nitrogens is 3. The number of fused-ring (bicyclic) bond motifs is 1. The van der Waals surface area contributed by atoms with Crippen LogP contribution in [0.25, 0.3) is 16.2 Å². The molecule has 0 aliphatic heterocycles. The second kappa shape index (κ2) is 6.08. The van der Waals surface area contributed by atoms with Crippen molar-refractivity contribution in [1.29, 1.82) is 0 Å². The first-order chi connectivity index (χ1) is 11.4. The fraction of sp³-hybridized carbons (Fsp3) is 0.133. The molecule has 1 N–H and O–H groups in total. The largest absolute Gasteiger partial charge is 0.433 e. The summed E-state index contributed by atoms with van der Waals surface area (Å²) in [7, 11) is 0. The smallest absolute Gasteiger partial charge is 0.348 e. The van der Waals surface area contributed by atoms with Gasteiger partial charge in [-0.1, -0.05) is 12.1 Å². The molecule has 3 aromatic rings. The van der Waals surface area contributed by atoms with Crippen molar-refractivity contribution < 1.29 is 18.0 Å². The Kier molecular flexibility index (Phi) is 4.10. The van der Waals surface area contributed by atoms with Crippen LogP contribution in [0.2, 0.25) is 0 Å². The Bertz CT molecular complexity index is 899. The lowest BCUT2D eigenvalue weighted by Crippen LogP contribution is -2.23. The maximum atomic E-state index is 13.4. The number of alkyl halides is 3. The Labute approximate surface area is 138 Å². The van der Waals surface area contributed by atoms with Crippen LogP contribution in [0, 0.1) is 0 Å². The van der Waals surface area contributed by atoms with Gasteiger partial charge >= 0.3 is 6.18 Å². The van der Waals surface area contributed by atoms with Gasteiger partial charge < -0.3 is 5.32 Å². The van der Waals surface area contributed by atoms with E-state index in [0.29, 0.717) is 9.39 Å². The molecule has 0 unspecified atom stereocenters. The van der Waals surface area contributed by atoms with Crippen molar-refractivity contribution in [2.45, 2.75) is 6.18 Å². The first-order valence-corrected chi connectivity index (χ1v) is 7.68. The summed E-state index contributed by atoms with van der Waals surface area (Å²) in [5, 5.41) is 7.94. The zero-order valence-electron chi connectivity index (χ0n) is 12.2. The van der Waals surface area contributed by atoms with Crippen LogP contribution in [0.3, 0.4) is 0 Å². The van der Waals surface area contributed by atoms with E-state index in [1.807, 2.05) is 0 Å². The minimum Gasteiger partial charge on any atom is -0.348 e. The summed E-state index contributed by atoms with van der Waals surface area (Å²) in [6.07, 6.45) is -2.09. The van der Waals surface area contributed by atoms with E-state index in [2.05, 4.69) is 22.0 Å². The van der Waals surface area contributed by atoms with Crippen LogP contribution >= 0.6 is 11.3 Å². The molecule has 0 aliphatic carbocycles. The van der Waals surface area contributed by atoms with Gasteiger partial charge in [-0.3, -0.25) is 4.79 Å². The van der Waals surface area contributed by atoms with Crippen LogP contribution in [0.5, 0.6) is 0 Å². The van der Waals surface area contributed by atoms with Gasteiger partial charge in [-0.2, -0.15) is 18.3 Å². The second-order valence-electron chi connectivity index (χ2n) is 4.79. The van der Waals surface area contributed by atoms with E-state index in [1.165, 1.54) is 17.4 Å². The van der Waals surface area contributed by atoms with Crippen LogP contribution in [0.4, 0.5) is 13.2 Å². The third-order valence-electron chi connectivity index (χ3n) is 3.19. The first-order valence-electron chi connectivity index (χ1n) is 6.80. The number of thiophene rings is 1. The lowest BCUT2D eigenvalue weighted by Gasteiger charge is -2.10. The molecule has 0 bridgehead atoms. The van der Waals surface area contributed by atoms with Gasteiger partial charge in [0, 0.05) is 6.54 Å². The Hall–Kier alpha value is -2.68. The topological polar surface area (TPSA) is 59.3 Å². The molecule has 0 spiro atoms. The average Bonchev–Trinajstić information content (AvgIpc) is 3.19. The van der Waals surface area contributed by atoms with E-state index < -0.39 is 17.8 Å². The molecule has 3 rings (SSSR count). The summed E-state index contributed by atoms with van der Waals surface area (Å²) in [6, 6.07) is 4.31. The maximum Gasteiger partial charge on any atom is 0.433 e. The number of nitrogens with one attached hydrogen (secondary N) is 1. The second-order valence-corrected chi connectivity index (χ2v) is 5.74. The fourth-order valence-electron chi connectivity index (χ4n) is 2.14. The van der Waals surface area contributed by atoms with Crippen LogP contribution in [-0.2, 0) is 6.18 Å². The molecule has 0 fully saturated rings. The number of nitrogens with zero attached hydrogens (tertiary/aromatic N) is 3. The predicted octanol–water partition coefficient (Wildman–Crippen LogP) is 3.39. The number of hydrogen-bond acceptors (Lipinski definition) is 4. The highest BCUT2D eigenvalue weighted by molar-refractivity contribution is 7.13. The van der Waals surface area contributed by atoms with Crippen LogP contribution < -0.4 is 5.32 Å². The fourth-order valence-corrected chi connectivity index (χ4v) is 2.82. The van der Waals surface area contributed by atoms with Gasteiger partial charge in [0.2, 0.25) is 0 Å². The zero-order chi connectivity index (χ0) is 17.3. The third kappa shape index (κ3) is 2.90. The number of halogens is 3. The van der Waals surface area contributed by atoms with Gasteiger partial charge in [0.05, 0.1) is 16.8 Å².